The Bertz CT molecular complexity index is 677. The number of H-pyrrole nitrogens is 1. The number of aromatic nitrogens is 2. The van der Waals surface area contributed by atoms with Crippen LogP contribution in [0.25, 0.3) is 0 Å². The molecule has 4 heteroatoms. The van der Waals surface area contributed by atoms with E-state index in [1.807, 2.05) is 6.07 Å². The van der Waals surface area contributed by atoms with E-state index in [0.717, 1.165) is 24.4 Å². The molecule has 0 radical (unpaired) electrons. The van der Waals surface area contributed by atoms with Gasteiger partial charge in [-0.15, -0.1) is 0 Å². The summed E-state index contributed by atoms with van der Waals surface area (Å²) >= 11 is 5.43. The van der Waals surface area contributed by atoms with Crippen LogP contribution in [0.2, 0.25) is 0 Å². The van der Waals surface area contributed by atoms with Gasteiger partial charge in [0.05, 0.1) is 13.2 Å². The molecule has 3 nitrogen and oxygen atoms in total. The normalized spacial score (nSPS) is 14.9. The van der Waals surface area contributed by atoms with E-state index in [2.05, 4.69) is 48.1 Å². The molecule has 3 rings (SSSR count). The number of fused-ring (bicyclic) bond motifs is 1. The van der Waals surface area contributed by atoms with Crippen molar-refractivity contribution in [2.24, 2.45) is 0 Å². The molecule has 0 fully saturated rings. The van der Waals surface area contributed by atoms with E-state index < -0.39 is 0 Å². The predicted molar refractivity (Wildman–Crippen MR) is 81.4 cm³/mol. The number of hydrogen-bond donors (Lipinski definition) is 1. The molecule has 0 bridgehead atoms. The Morgan fingerprint density at radius 3 is 2.75 bits per heavy atom. The second kappa shape index (κ2) is 5.11. The Balaban J connectivity index is 2.11. The third-order valence-electron chi connectivity index (χ3n) is 3.94. The number of nitrogens with zero attached hydrogens (tertiary/aromatic N) is 1. The number of aromatic amines is 1. The molecule has 1 aliphatic rings. The average molecular weight is 286 g/mol. The van der Waals surface area contributed by atoms with Gasteiger partial charge in [-0.05, 0) is 19.4 Å². The molecule has 2 heterocycles. The Morgan fingerprint density at radius 2 is 2.00 bits per heavy atom. The highest BCUT2D eigenvalue weighted by atomic mass is 32.1. The first-order valence-electron chi connectivity index (χ1n) is 6.85. The smallest absolute Gasteiger partial charge is 0.135 e. The van der Waals surface area contributed by atoms with Crippen LogP contribution in [0.3, 0.4) is 0 Å². The van der Waals surface area contributed by atoms with Gasteiger partial charge >= 0.3 is 0 Å². The van der Waals surface area contributed by atoms with E-state index in [0.29, 0.717) is 11.2 Å². The third-order valence-corrected chi connectivity index (χ3v) is 4.27. The zero-order valence-corrected chi connectivity index (χ0v) is 12.6. The monoisotopic (exact) mass is 286 g/mol. The van der Waals surface area contributed by atoms with Crippen molar-refractivity contribution in [3.05, 3.63) is 57.6 Å². The van der Waals surface area contributed by atoms with E-state index in [4.69, 9.17) is 17.0 Å². The second-order valence-electron chi connectivity index (χ2n) is 5.64. The van der Waals surface area contributed by atoms with Crippen molar-refractivity contribution in [2.45, 2.75) is 32.3 Å². The summed E-state index contributed by atoms with van der Waals surface area (Å²) in [7, 11) is 0. The predicted octanol–water partition coefficient (Wildman–Crippen LogP) is 3.54. The van der Waals surface area contributed by atoms with Gasteiger partial charge in [-0.1, -0.05) is 42.5 Å². The zero-order valence-electron chi connectivity index (χ0n) is 11.8. The average Bonchev–Trinajstić information content (AvgIpc) is 2.48. The third kappa shape index (κ3) is 2.30. The van der Waals surface area contributed by atoms with Crippen LogP contribution in [-0.4, -0.2) is 16.6 Å². The quantitative estimate of drug-likeness (QED) is 0.858. The topological polar surface area (TPSA) is 37.9 Å². The van der Waals surface area contributed by atoms with Crippen molar-refractivity contribution in [3.63, 3.8) is 0 Å². The molecule has 0 saturated heterocycles. The molecule has 0 amide bonds. The Kier molecular flexibility index (Phi) is 3.44. The minimum Gasteiger partial charge on any atom is -0.376 e. The molecule has 1 aromatic heterocycles. The van der Waals surface area contributed by atoms with E-state index in [1.54, 1.807) is 0 Å². The molecule has 1 aliphatic heterocycles. The summed E-state index contributed by atoms with van der Waals surface area (Å²) in [6.45, 7) is 5.65. The lowest BCUT2D eigenvalue weighted by molar-refractivity contribution is 0.108. The van der Waals surface area contributed by atoms with Gasteiger partial charge in [-0.25, -0.2) is 4.98 Å². The van der Waals surface area contributed by atoms with Gasteiger partial charge in [0.1, 0.15) is 10.5 Å². The van der Waals surface area contributed by atoms with Crippen LogP contribution in [0.5, 0.6) is 0 Å². The van der Waals surface area contributed by atoms with E-state index in [-0.39, 0.29) is 5.41 Å². The van der Waals surface area contributed by atoms with Crippen molar-refractivity contribution in [3.8, 4) is 0 Å². The lowest BCUT2D eigenvalue weighted by Crippen LogP contribution is -2.25. The highest BCUT2D eigenvalue weighted by Gasteiger charge is 2.27. The van der Waals surface area contributed by atoms with Crippen LogP contribution in [0, 0.1) is 4.64 Å². The van der Waals surface area contributed by atoms with E-state index >= 15 is 0 Å². The standard InChI is InChI=1S/C16H18N2OS/c1-16(2,11-6-4-3-5-7-11)15-17-13-8-9-19-10-12(13)14(20)18-15/h3-7H,8-10H2,1-2H3,(H,17,18,20). The van der Waals surface area contributed by atoms with Crippen molar-refractivity contribution in [2.75, 3.05) is 6.61 Å². The highest BCUT2D eigenvalue weighted by molar-refractivity contribution is 7.71. The lowest BCUT2D eigenvalue weighted by atomic mass is 9.83. The Labute approximate surface area is 124 Å². The first-order valence-corrected chi connectivity index (χ1v) is 7.25. The summed E-state index contributed by atoms with van der Waals surface area (Å²) in [5.41, 5.74) is 3.25. The second-order valence-corrected chi connectivity index (χ2v) is 6.03. The lowest BCUT2D eigenvalue weighted by Gasteiger charge is -2.27. The van der Waals surface area contributed by atoms with E-state index in [9.17, 15) is 0 Å². The van der Waals surface area contributed by atoms with Crippen LogP contribution < -0.4 is 0 Å². The fourth-order valence-corrected chi connectivity index (χ4v) is 2.82. The number of benzene rings is 1. The van der Waals surface area contributed by atoms with Crippen molar-refractivity contribution in [1.82, 2.24) is 9.97 Å². The van der Waals surface area contributed by atoms with E-state index in [1.165, 1.54) is 11.3 Å². The Hall–Kier alpha value is -1.52. The molecule has 0 saturated carbocycles. The minimum absolute atomic E-state index is 0.192. The highest BCUT2D eigenvalue weighted by Crippen LogP contribution is 2.30. The number of nitrogens with one attached hydrogen (secondary N) is 1. The number of hydrogen-bond acceptors (Lipinski definition) is 3. The summed E-state index contributed by atoms with van der Waals surface area (Å²) in [4.78, 5) is 8.10. The SMILES string of the molecule is CC(C)(c1ccccc1)c1nc(=S)c2c([nH]1)CCOC2. The fraction of sp³-hybridized carbons (Fsp3) is 0.375. The largest absolute Gasteiger partial charge is 0.376 e. The fourth-order valence-electron chi connectivity index (χ4n) is 2.54. The van der Waals surface area contributed by atoms with Crippen molar-refractivity contribution < 1.29 is 4.74 Å². The molecule has 2 aromatic rings. The first-order chi connectivity index (χ1) is 9.59. The van der Waals surface area contributed by atoms with Crippen LogP contribution >= 0.6 is 12.2 Å². The number of rotatable bonds is 2. The summed E-state index contributed by atoms with van der Waals surface area (Å²) in [5, 5.41) is 0. The molecule has 0 atom stereocenters. The summed E-state index contributed by atoms with van der Waals surface area (Å²) in [6, 6.07) is 10.4. The van der Waals surface area contributed by atoms with Crippen molar-refractivity contribution in [1.29, 1.82) is 0 Å². The van der Waals surface area contributed by atoms with Gasteiger partial charge < -0.3 is 9.72 Å². The molecule has 0 spiro atoms. The molecule has 20 heavy (non-hydrogen) atoms. The van der Waals surface area contributed by atoms with Gasteiger partial charge in [0, 0.05) is 23.1 Å². The molecular formula is C16H18N2OS. The molecule has 0 unspecified atom stereocenters. The van der Waals surface area contributed by atoms with Crippen LogP contribution in [0.15, 0.2) is 30.3 Å². The van der Waals surface area contributed by atoms with Crippen molar-refractivity contribution >= 4 is 12.2 Å². The van der Waals surface area contributed by atoms with Gasteiger partial charge in [0.15, 0.2) is 0 Å². The Morgan fingerprint density at radius 1 is 1.25 bits per heavy atom. The van der Waals surface area contributed by atoms with Gasteiger partial charge in [0.2, 0.25) is 0 Å². The van der Waals surface area contributed by atoms with Gasteiger partial charge in [0.25, 0.3) is 0 Å². The summed E-state index contributed by atoms with van der Waals surface area (Å²) in [6.07, 6.45) is 0.874. The maximum absolute atomic E-state index is 5.46. The molecular weight excluding hydrogens is 268 g/mol. The van der Waals surface area contributed by atoms with Crippen LogP contribution in [0.1, 0.15) is 36.5 Å². The van der Waals surface area contributed by atoms with Gasteiger partial charge in [-0.3, -0.25) is 0 Å². The maximum Gasteiger partial charge on any atom is 0.135 e. The van der Waals surface area contributed by atoms with Gasteiger partial charge in [-0.2, -0.15) is 0 Å². The van der Waals surface area contributed by atoms with Crippen LogP contribution in [-0.2, 0) is 23.2 Å². The minimum atomic E-state index is -0.192. The molecule has 0 aliphatic carbocycles. The maximum atomic E-state index is 5.46. The molecule has 1 N–H and O–H groups in total. The number of ether oxygens (including phenoxy) is 1. The first kappa shape index (κ1) is 13.5. The molecule has 104 valence electrons. The summed E-state index contributed by atoms with van der Waals surface area (Å²) in [5.74, 6) is 0.925. The molecule has 1 aromatic carbocycles. The zero-order chi connectivity index (χ0) is 14.2. The summed E-state index contributed by atoms with van der Waals surface area (Å²) < 4.78 is 6.12. The van der Waals surface area contributed by atoms with Crippen LogP contribution in [0.4, 0.5) is 0 Å².